The SMILES string of the molecule is C[C@@H](SCC(=O)Nc1ccc(F)cc1)C(=O)NC1=NCCS1. The predicted molar refractivity (Wildman–Crippen MR) is 89.9 cm³/mol. The number of rotatable bonds is 5. The third-order valence-electron chi connectivity index (χ3n) is 2.78. The first-order chi connectivity index (χ1) is 10.5. The number of carbonyl (C=O) groups excluding carboxylic acids is 2. The van der Waals surface area contributed by atoms with Gasteiger partial charge in [-0.25, -0.2) is 4.39 Å². The van der Waals surface area contributed by atoms with Gasteiger partial charge in [0.1, 0.15) is 5.82 Å². The van der Waals surface area contributed by atoms with Crippen LogP contribution in [0.2, 0.25) is 0 Å². The van der Waals surface area contributed by atoms with Crippen LogP contribution in [-0.4, -0.2) is 40.3 Å². The number of nitrogens with one attached hydrogen (secondary N) is 2. The predicted octanol–water partition coefficient (Wildman–Crippen LogP) is 2.10. The Bertz CT molecular complexity index is 578. The number of aliphatic imine (C=N–C) groups is 1. The van der Waals surface area contributed by atoms with Crippen LogP contribution < -0.4 is 10.6 Å². The van der Waals surface area contributed by atoms with Crippen LogP contribution in [0.1, 0.15) is 6.92 Å². The number of hydrogen-bond acceptors (Lipinski definition) is 5. The normalized spacial score (nSPS) is 15.1. The third-order valence-corrected chi connectivity index (χ3v) is 4.81. The summed E-state index contributed by atoms with van der Waals surface area (Å²) in [5.74, 6) is 0.282. The number of benzene rings is 1. The van der Waals surface area contributed by atoms with Crippen molar-refractivity contribution < 1.29 is 14.0 Å². The van der Waals surface area contributed by atoms with Crippen molar-refractivity contribution in [3.05, 3.63) is 30.1 Å². The van der Waals surface area contributed by atoms with Crippen LogP contribution in [0, 0.1) is 5.82 Å². The second-order valence-corrected chi connectivity index (χ2v) is 6.95. The minimum atomic E-state index is -0.358. The second kappa shape index (κ2) is 8.19. The standard InChI is InChI=1S/C14H16FN3O2S2/c1-9(13(20)18-14-16-6-7-21-14)22-8-12(19)17-11-4-2-10(15)3-5-11/h2-5,9H,6-8H2,1H3,(H,17,19)(H,16,18,20)/t9-/m1/s1. The number of thioether (sulfide) groups is 2. The highest BCUT2D eigenvalue weighted by Crippen LogP contribution is 2.15. The molecule has 0 saturated heterocycles. The Labute approximate surface area is 136 Å². The molecule has 1 aromatic carbocycles. The van der Waals surface area contributed by atoms with Crippen molar-refractivity contribution in [1.82, 2.24) is 5.32 Å². The van der Waals surface area contributed by atoms with Gasteiger partial charge in [-0.1, -0.05) is 11.8 Å². The van der Waals surface area contributed by atoms with Crippen LogP contribution >= 0.6 is 23.5 Å². The number of nitrogens with zero attached hydrogens (tertiary/aromatic N) is 1. The molecule has 0 bridgehead atoms. The summed E-state index contributed by atoms with van der Waals surface area (Å²) < 4.78 is 12.8. The number of amidine groups is 1. The van der Waals surface area contributed by atoms with Crippen molar-refractivity contribution in [2.45, 2.75) is 12.2 Å². The molecule has 0 aliphatic carbocycles. The highest BCUT2D eigenvalue weighted by atomic mass is 32.2. The van der Waals surface area contributed by atoms with Crippen molar-refractivity contribution >= 4 is 46.2 Å². The van der Waals surface area contributed by atoms with E-state index >= 15 is 0 Å². The maximum atomic E-state index is 12.8. The largest absolute Gasteiger partial charge is 0.325 e. The fraction of sp³-hybridized carbons (Fsp3) is 0.357. The summed E-state index contributed by atoms with van der Waals surface area (Å²) in [4.78, 5) is 27.8. The van der Waals surface area contributed by atoms with Crippen molar-refractivity contribution in [2.24, 2.45) is 4.99 Å². The average Bonchev–Trinajstić information content (AvgIpc) is 3.00. The van der Waals surface area contributed by atoms with Gasteiger partial charge in [0.15, 0.2) is 5.17 Å². The van der Waals surface area contributed by atoms with E-state index in [0.717, 1.165) is 12.3 Å². The topological polar surface area (TPSA) is 70.6 Å². The minimum absolute atomic E-state index is 0.144. The molecule has 0 spiro atoms. The molecule has 8 heteroatoms. The fourth-order valence-electron chi connectivity index (χ4n) is 1.62. The summed E-state index contributed by atoms with van der Waals surface area (Å²) in [5.41, 5.74) is 0.529. The molecule has 1 aromatic rings. The van der Waals surface area contributed by atoms with Crippen molar-refractivity contribution in [2.75, 3.05) is 23.4 Å². The molecule has 1 aliphatic rings. The summed E-state index contributed by atoms with van der Waals surface area (Å²) in [6.07, 6.45) is 0. The zero-order valence-electron chi connectivity index (χ0n) is 12.0. The van der Waals surface area contributed by atoms with Crippen LogP contribution in [0.3, 0.4) is 0 Å². The Kier molecular flexibility index (Phi) is 6.26. The highest BCUT2D eigenvalue weighted by molar-refractivity contribution is 8.14. The lowest BCUT2D eigenvalue weighted by Gasteiger charge is -2.11. The van der Waals surface area contributed by atoms with Gasteiger partial charge in [0.25, 0.3) is 0 Å². The monoisotopic (exact) mass is 341 g/mol. The van der Waals surface area contributed by atoms with Gasteiger partial charge < -0.3 is 10.6 Å². The Hall–Kier alpha value is -1.54. The van der Waals surface area contributed by atoms with Crippen molar-refractivity contribution in [3.8, 4) is 0 Å². The second-order valence-electron chi connectivity index (χ2n) is 4.53. The molecule has 2 amide bonds. The number of hydrogen-bond donors (Lipinski definition) is 2. The third kappa shape index (κ3) is 5.34. The fourth-order valence-corrected chi connectivity index (χ4v) is 3.04. The Morgan fingerprint density at radius 1 is 1.36 bits per heavy atom. The van der Waals surface area contributed by atoms with E-state index in [1.165, 1.54) is 47.8 Å². The maximum Gasteiger partial charge on any atom is 0.238 e. The Balaban J connectivity index is 1.72. The van der Waals surface area contributed by atoms with Gasteiger partial charge in [-0.2, -0.15) is 0 Å². The van der Waals surface area contributed by atoms with Gasteiger partial charge in [0, 0.05) is 11.4 Å². The number of amides is 2. The molecular formula is C14H16FN3O2S2. The van der Waals surface area contributed by atoms with E-state index in [-0.39, 0.29) is 28.6 Å². The van der Waals surface area contributed by atoms with Crippen LogP contribution in [0.15, 0.2) is 29.3 Å². The van der Waals surface area contributed by atoms with Crippen LogP contribution in [0.25, 0.3) is 0 Å². The molecule has 0 aromatic heterocycles. The van der Waals surface area contributed by atoms with E-state index in [1.807, 2.05) is 0 Å². The molecule has 1 aliphatic heterocycles. The van der Waals surface area contributed by atoms with Crippen LogP contribution in [-0.2, 0) is 9.59 Å². The first-order valence-electron chi connectivity index (χ1n) is 6.70. The zero-order valence-corrected chi connectivity index (χ0v) is 13.6. The first kappa shape index (κ1) is 16.8. The molecule has 5 nitrogen and oxygen atoms in total. The summed E-state index contributed by atoms with van der Waals surface area (Å²) in [7, 11) is 0. The number of anilines is 1. The van der Waals surface area contributed by atoms with E-state index in [0.29, 0.717) is 10.9 Å². The van der Waals surface area contributed by atoms with Gasteiger partial charge in [0.05, 0.1) is 17.5 Å². The number of carbonyl (C=O) groups is 2. The van der Waals surface area contributed by atoms with Gasteiger partial charge in [-0.15, -0.1) is 11.8 Å². The molecule has 1 atom stereocenters. The lowest BCUT2D eigenvalue weighted by atomic mass is 10.3. The minimum Gasteiger partial charge on any atom is -0.325 e. The van der Waals surface area contributed by atoms with E-state index in [1.54, 1.807) is 6.92 Å². The van der Waals surface area contributed by atoms with Crippen molar-refractivity contribution in [3.63, 3.8) is 0 Å². The van der Waals surface area contributed by atoms with E-state index in [2.05, 4.69) is 15.6 Å². The average molecular weight is 341 g/mol. The molecule has 0 radical (unpaired) electrons. The molecule has 0 fully saturated rings. The Morgan fingerprint density at radius 2 is 2.09 bits per heavy atom. The zero-order chi connectivity index (χ0) is 15.9. The molecule has 0 unspecified atom stereocenters. The van der Waals surface area contributed by atoms with E-state index < -0.39 is 0 Å². The van der Waals surface area contributed by atoms with Crippen LogP contribution in [0.5, 0.6) is 0 Å². The van der Waals surface area contributed by atoms with Crippen LogP contribution in [0.4, 0.5) is 10.1 Å². The molecule has 1 heterocycles. The maximum absolute atomic E-state index is 12.8. The summed E-state index contributed by atoms with van der Waals surface area (Å²) in [5, 5.41) is 5.68. The molecule has 22 heavy (non-hydrogen) atoms. The molecule has 2 rings (SSSR count). The summed E-state index contributed by atoms with van der Waals surface area (Å²) in [6.45, 7) is 2.47. The molecule has 118 valence electrons. The Morgan fingerprint density at radius 3 is 2.73 bits per heavy atom. The van der Waals surface area contributed by atoms with Gasteiger partial charge >= 0.3 is 0 Å². The summed E-state index contributed by atoms with van der Waals surface area (Å²) in [6, 6.07) is 5.53. The van der Waals surface area contributed by atoms with Gasteiger partial charge in [-0.05, 0) is 31.2 Å². The van der Waals surface area contributed by atoms with E-state index in [4.69, 9.17) is 0 Å². The van der Waals surface area contributed by atoms with Crippen molar-refractivity contribution in [1.29, 1.82) is 0 Å². The number of halogens is 1. The van der Waals surface area contributed by atoms with E-state index in [9.17, 15) is 14.0 Å². The molecule has 2 N–H and O–H groups in total. The quantitative estimate of drug-likeness (QED) is 0.860. The summed E-state index contributed by atoms with van der Waals surface area (Å²) >= 11 is 2.75. The first-order valence-corrected chi connectivity index (χ1v) is 8.73. The smallest absolute Gasteiger partial charge is 0.238 e. The molecule has 0 saturated carbocycles. The van der Waals surface area contributed by atoms with Gasteiger partial charge in [0.2, 0.25) is 11.8 Å². The molecular weight excluding hydrogens is 325 g/mol. The lowest BCUT2D eigenvalue weighted by molar-refractivity contribution is -0.118. The van der Waals surface area contributed by atoms with Gasteiger partial charge in [-0.3, -0.25) is 14.6 Å². The highest BCUT2D eigenvalue weighted by Gasteiger charge is 2.18. The lowest BCUT2D eigenvalue weighted by Crippen LogP contribution is -2.34.